The third kappa shape index (κ3) is 3.78. The molecular formula is C20H21N3O2. The van der Waals surface area contributed by atoms with Gasteiger partial charge in [-0.05, 0) is 30.7 Å². The number of rotatable bonds is 6. The molecule has 0 bridgehead atoms. The monoisotopic (exact) mass is 335 g/mol. The van der Waals surface area contributed by atoms with E-state index in [4.69, 9.17) is 10.6 Å². The van der Waals surface area contributed by atoms with Crippen molar-refractivity contribution in [2.75, 3.05) is 6.61 Å². The smallest absolute Gasteiger partial charge is 0.265 e. The minimum absolute atomic E-state index is 0.338. The number of nitrogens with one attached hydrogen (secondary N) is 1. The molecule has 0 saturated heterocycles. The first-order valence-electron chi connectivity index (χ1n) is 8.37. The van der Waals surface area contributed by atoms with E-state index in [2.05, 4.69) is 17.3 Å². The number of hydrogen-bond donors (Lipinski definition) is 2. The molecule has 1 aromatic heterocycles. The SMILES string of the molecule is CCCCOc1cccc(-c2cc(C(=O)NN)c3ccccc3n2)c1. The fourth-order valence-corrected chi connectivity index (χ4v) is 2.67. The van der Waals surface area contributed by atoms with Gasteiger partial charge in [0.15, 0.2) is 0 Å². The number of aromatic nitrogens is 1. The molecule has 128 valence electrons. The molecule has 0 aliphatic carbocycles. The number of ether oxygens (including phenoxy) is 1. The quantitative estimate of drug-likeness (QED) is 0.312. The molecule has 0 saturated carbocycles. The average Bonchev–Trinajstić information content (AvgIpc) is 2.67. The molecule has 5 nitrogen and oxygen atoms in total. The molecule has 0 atom stereocenters. The predicted molar refractivity (Wildman–Crippen MR) is 99.2 cm³/mol. The Kier molecular flexibility index (Phi) is 5.26. The first kappa shape index (κ1) is 16.9. The Morgan fingerprint density at radius 2 is 2.00 bits per heavy atom. The predicted octanol–water partition coefficient (Wildman–Crippen LogP) is 3.68. The van der Waals surface area contributed by atoms with Crippen molar-refractivity contribution in [2.24, 2.45) is 5.84 Å². The Morgan fingerprint density at radius 3 is 2.80 bits per heavy atom. The van der Waals surface area contributed by atoms with Crippen LogP contribution in [0.3, 0.4) is 0 Å². The maximum Gasteiger partial charge on any atom is 0.265 e. The van der Waals surface area contributed by atoms with Gasteiger partial charge in [-0.1, -0.05) is 43.7 Å². The summed E-state index contributed by atoms with van der Waals surface area (Å²) in [5.41, 5.74) is 5.05. The lowest BCUT2D eigenvalue weighted by molar-refractivity contribution is 0.0955. The highest BCUT2D eigenvalue weighted by atomic mass is 16.5. The number of hydrazine groups is 1. The van der Waals surface area contributed by atoms with E-state index in [-0.39, 0.29) is 5.91 Å². The zero-order valence-corrected chi connectivity index (χ0v) is 14.2. The number of nitrogens with zero attached hydrogens (tertiary/aromatic N) is 1. The summed E-state index contributed by atoms with van der Waals surface area (Å²) in [6, 6.07) is 17.0. The van der Waals surface area contributed by atoms with Gasteiger partial charge >= 0.3 is 0 Å². The summed E-state index contributed by atoms with van der Waals surface area (Å²) in [5.74, 6) is 5.80. The van der Waals surface area contributed by atoms with Gasteiger partial charge in [0.05, 0.1) is 23.4 Å². The van der Waals surface area contributed by atoms with E-state index in [1.165, 1.54) is 0 Å². The van der Waals surface area contributed by atoms with E-state index < -0.39 is 0 Å². The summed E-state index contributed by atoms with van der Waals surface area (Å²) >= 11 is 0. The highest BCUT2D eigenvalue weighted by molar-refractivity contribution is 6.07. The molecule has 0 aliphatic heterocycles. The second-order valence-electron chi connectivity index (χ2n) is 5.78. The maximum absolute atomic E-state index is 12.2. The number of carbonyl (C=O) groups is 1. The lowest BCUT2D eigenvalue weighted by atomic mass is 10.0. The zero-order chi connectivity index (χ0) is 17.6. The Morgan fingerprint density at radius 1 is 1.16 bits per heavy atom. The van der Waals surface area contributed by atoms with Crippen LogP contribution in [0.1, 0.15) is 30.1 Å². The third-order valence-electron chi connectivity index (χ3n) is 3.99. The van der Waals surface area contributed by atoms with Crippen molar-refractivity contribution in [1.82, 2.24) is 10.4 Å². The van der Waals surface area contributed by atoms with Crippen molar-refractivity contribution >= 4 is 16.8 Å². The van der Waals surface area contributed by atoms with Crippen LogP contribution in [-0.2, 0) is 0 Å². The number of carbonyl (C=O) groups excluding carboxylic acids is 1. The van der Waals surface area contributed by atoms with Gasteiger partial charge in [0.2, 0.25) is 0 Å². The molecule has 0 unspecified atom stereocenters. The van der Waals surface area contributed by atoms with Crippen LogP contribution < -0.4 is 16.0 Å². The summed E-state index contributed by atoms with van der Waals surface area (Å²) in [6.07, 6.45) is 2.10. The standard InChI is InChI=1S/C20H21N3O2/c1-2-3-11-25-15-8-6-7-14(12-15)19-13-17(20(24)23-21)16-9-4-5-10-18(16)22-19/h4-10,12-13H,2-3,11,21H2,1H3,(H,23,24). The normalized spacial score (nSPS) is 10.6. The number of hydrogen-bond acceptors (Lipinski definition) is 4. The molecule has 1 heterocycles. The Hall–Kier alpha value is -2.92. The number of nitrogens with two attached hydrogens (primary N) is 1. The van der Waals surface area contributed by atoms with E-state index in [0.717, 1.165) is 35.1 Å². The Balaban J connectivity index is 2.04. The van der Waals surface area contributed by atoms with Gasteiger partial charge in [-0.25, -0.2) is 10.8 Å². The van der Waals surface area contributed by atoms with Crippen molar-refractivity contribution in [2.45, 2.75) is 19.8 Å². The highest BCUT2D eigenvalue weighted by Crippen LogP contribution is 2.27. The van der Waals surface area contributed by atoms with Gasteiger partial charge in [0.1, 0.15) is 5.75 Å². The van der Waals surface area contributed by atoms with E-state index >= 15 is 0 Å². The number of para-hydroxylation sites is 1. The summed E-state index contributed by atoms with van der Waals surface area (Å²) in [5, 5.41) is 0.768. The summed E-state index contributed by atoms with van der Waals surface area (Å²) < 4.78 is 5.77. The average molecular weight is 335 g/mol. The van der Waals surface area contributed by atoms with Gasteiger partial charge in [0, 0.05) is 10.9 Å². The van der Waals surface area contributed by atoms with Crippen molar-refractivity contribution in [3.63, 3.8) is 0 Å². The van der Waals surface area contributed by atoms with Crippen LogP contribution in [0.15, 0.2) is 54.6 Å². The summed E-state index contributed by atoms with van der Waals surface area (Å²) in [4.78, 5) is 16.8. The number of pyridine rings is 1. The van der Waals surface area contributed by atoms with Crippen molar-refractivity contribution < 1.29 is 9.53 Å². The van der Waals surface area contributed by atoms with E-state index in [1.807, 2.05) is 48.5 Å². The fourth-order valence-electron chi connectivity index (χ4n) is 2.67. The minimum atomic E-state index is -0.338. The molecular weight excluding hydrogens is 314 g/mol. The lowest BCUT2D eigenvalue weighted by Gasteiger charge is -2.10. The number of benzene rings is 2. The molecule has 0 spiro atoms. The van der Waals surface area contributed by atoms with E-state index in [0.29, 0.717) is 17.9 Å². The van der Waals surface area contributed by atoms with Crippen molar-refractivity contribution in [1.29, 1.82) is 0 Å². The van der Waals surface area contributed by atoms with Gasteiger partial charge in [-0.2, -0.15) is 0 Å². The first-order valence-corrected chi connectivity index (χ1v) is 8.37. The van der Waals surface area contributed by atoms with Crippen LogP contribution in [0, 0.1) is 0 Å². The highest BCUT2D eigenvalue weighted by Gasteiger charge is 2.13. The molecule has 3 aromatic rings. The van der Waals surface area contributed by atoms with Crippen molar-refractivity contribution in [3.8, 4) is 17.0 Å². The van der Waals surface area contributed by atoms with Gasteiger partial charge in [-0.3, -0.25) is 10.2 Å². The van der Waals surface area contributed by atoms with Crippen LogP contribution in [-0.4, -0.2) is 17.5 Å². The van der Waals surface area contributed by atoms with Crippen LogP contribution in [0.25, 0.3) is 22.2 Å². The van der Waals surface area contributed by atoms with E-state index in [9.17, 15) is 4.79 Å². The fraction of sp³-hybridized carbons (Fsp3) is 0.200. The van der Waals surface area contributed by atoms with Gasteiger partial charge in [-0.15, -0.1) is 0 Å². The minimum Gasteiger partial charge on any atom is -0.494 e. The number of nitrogen functional groups attached to an aromatic ring is 1. The second-order valence-corrected chi connectivity index (χ2v) is 5.78. The zero-order valence-electron chi connectivity index (χ0n) is 14.2. The van der Waals surface area contributed by atoms with Gasteiger partial charge in [0.25, 0.3) is 5.91 Å². The number of amides is 1. The Labute approximate surface area is 146 Å². The molecule has 5 heteroatoms. The van der Waals surface area contributed by atoms with Crippen LogP contribution >= 0.6 is 0 Å². The molecule has 0 radical (unpaired) electrons. The van der Waals surface area contributed by atoms with Crippen molar-refractivity contribution in [3.05, 3.63) is 60.2 Å². The molecule has 2 aromatic carbocycles. The van der Waals surface area contributed by atoms with E-state index in [1.54, 1.807) is 6.07 Å². The first-order chi connectivity index (χ1) is 12.2. The molecule has 3 N–H and O–H groups in total. The van der Waals surface area contributed by atoms with Crippen LogP contribution in [0.4, 0.5) is 0 Å². The number of fused-ring (bicyclic) bond motifs is 1. The summed E-state index contributed by atoms with van der Waals surface area (Å²) in [7, 11) is 0. The van der Waals surface area contributed by atoms with Crippen LogP contribution in [0.2, 0.25) is 0 Å². The largest absolute Gasteiger partial charge is 0.494 e. The van der Waals surface area contributed by atoms with Crippen LogP contribution in [0.5, 0.6) is 5.75 Å². The molecule has 25 heavy (non-hydrogen) atoms. The molecule has 0 aliphatic rings. The third-order valence-corrected chi connectivity index (χ3v) is 3.99. The maximum atomic E-state index is 12.2. The molecule has 1 amide bonds. The lowest BCUT2D eigenvalue weighted by Crippen LogP contribution is -2.30. The topological polar surface area (TPSA) is 77.2 Å². The molecule has 0 fully saturated rings. The number of unbranched alkanes of at least 4 members (excludes halogenated alkanes) is 1. The second kappa shape index (κ2) is 7.77. The Bertz CT molecular complexity index is 893. The molecule has 3 rings (SSSR count). The van der Waals surface area contributed by atoms with Gasteiger partial charge < -0.3 is 4.74 Å². The summed E-state index contributed by atoms with van der Waals surface area (Å²) in [6.45, 7) is 2.81.